The van der Waals surface area contributed by atoms with Crippen molar-refractivity contribution in [1.82, 2.24) is 5.31 Å². The summed E-state index contributed by atoms with van der Waals surface area (Å²) in [6.45, 7) is 5.18. The molecule has 1 unspecified atom stereocenters. The zero-order valence-corrected chi connectivity index (χ0v) is 8.78. The Bertz CT molecular complexity index is 442. The van der Waals surface area contributed by atoms with Gasteiger partial charge < -0.3 is 10.2 Å². The van der Waals surface area contributed by atoms with E-state index in [0.29, 0.717) is 0 Å². The van der Waals surface area contributed by atoms with Crippen molar-refractivity contribution in [3.8, 4) is 0 Å². The average molecular weight is 190 g/mol. The first-order valence-electron chi connectivity index (χ1n) is 5.79. The summed E-state index contributed by atoms with van der Waals surface area (Å²) in [5.41, 5.74) is 3.95. The summed E-state index contributed by atoms with van der Waals surface area (Å²) in [7, 11) is 0. The molecule has 1 aliphatic heterocycles. The van der Waals surface area contributed by atoms with Crippen LogP contribution >= 0.6 is 0 Å². The molecule has 2 rings (SSSR count). The van der Waals surface area contributed by atoms with Crippen molar-refractivity contribution in [3.05, 3.63) is 41.2 Å². The summed E-state index contributed by atoms with van der Waals surface area (Å²) < 4.78 is 15.8. The molecule has 1 atom stereocenters. The van der Waals surface area contributed by atoms with E-state index in [1.807, 2.05) is 49.9 Å². The van der Waals surface area contributed by atoms with Gasteiger partial charge in [0.05, 0.1) is 8.02 Å². The second-order valence-corrected chi connectivity index (χ2v) is 3.57. The second kappa shape index (κ2) is 3.37. The number of aryl methyl sites for hydroxylation is 1. The number of allylic oxidation sites excluding steroid dienone is 2. The normalized spacial score (nSPS) is 24.1. The highest BCUT2D eigenvalue weighted by Crippen LogP contribution is 2.26. The molecule has 0 aromatic heterocycles. The smallest absolute Gasteiger partial charge is 0.162 e. The van der Waals surface area contributed by atoms with Crippen molar-refractivity contribution in [3.63, 3.8) is 0 Å². The van der Waals surface area contributed by atoms with Crippen LogP contribution in [0.3, 0.4) is 0 Å². The van der Waals surface area contributed by atoms with E-state index < -0.39 is 6.64 Å². The third kappa shape index (κ3) is 1.37. The Morgan fingerprint density at radius 1 is 1.36 bits per heavy atom. The van der Waals surface area contributed by atoms with E-state index in [4.69, 9.17) is 2.78 Å². The molecule has 1 N–H and O–H groups in total. The second-order valence-electron chi connectivity index (χ2n) is 3.57. The number of nitrogens with zero attached hydrogens (tertiary/aromatic N) is 1. The lowest BCUT2D eigenvalue weighted by atomic mass is 10.2. The fourth-order valence-electron chi connectivity index (χ4n) is 1.58. The lowest BCUT2D eigenvalue weighted by Crippen LogP contribution is -2.23. The fraction of sp³-hybridized carbons (Fsp3) is 0.333. The van der Waals surface area contributed by atoms with E-state index in [2.05, 4.69) is 0 Å². The van der Waals surface area contributed by atoms with E-state index in [1.165, 1.54) is 5.31 Å². The number of nitrogens with one attached hydrogen (secondary N) is 1. The molecule has 0 saturated heterocycles. The minimum Gasteiger partial charge on any atom is -0.370 e. The third-order valence-electron chi connectivity index (χ3n) is 2.63. The van der Waals surface area contributed by atoms with Crippen LogP contribution in [0.15, 0.2) is 35.7 Å². The summed E-state index contributed by atoms with van der Waals surface area (Å²) in [5, 5.41) is 1.24. The van der Waals surface area contributed by atoms with Gasteiger partial charge in [-0.3, -0.25) is 0 Å². The van der Waals surface area contributed by atoms with E-state index in [1.54, 1.807) is 0 Å². The summed E-state index contributed by atoms with van der Waals surface area (Å²) in [4.78, 5) is 1.89. The molecule has 0 aliphatic carbocycles. The van der Waals surface area contributed by atoms with Crippen LogP contribution in [0.4, 0.5) is 5.69 Å². The Hall–Kier alpha value is -1.44. The van der Waals surface area contributed by atoms with Crippen LogP contribution in [0.25, 0.3) is 0 Å². The Morgan fingerprint density at radius 3 is 2.64 bits per heavy atom. The highest BCUT2D eigenvalue weighted by molar-refractivity contribution is 5.58. The Kier molecular flexibility index (Phi) is 1.67. The molecular weight excluding hydrogens is 172 g/mol. The van der Waals surface area contributed by atoms with Gasteiger partial charge in [-0.2, -0.15) is 0 Å². The maximum Gasteiger partial charge on any atom is 0.162 e. The van der Waals surface area contributed by atoms with E-state index in [0.717, 1.165) is 22.6 Å². The Morgan fingerprint density at radius 2 is 2.07 bits per heavy atom. The van der Waals surface area contributed by atoms with Crippen molar-refractivity contribution >= 4 is 5.69 Å². The highest BCUT2D eigenvalue weighted by atomic mass is 15.3. The van der Waals surface area contributed by atoms with Gasteiger partial charge in [-0.1, -0.05) is 18.2 Å². The zero-order valence-electron chi connectivity index (χ0n) is 10.8. The maximum atomic E-state index is 8.01. The molecule has 2 heteroatoms. The minimum atomic E-state index is -0.680. The SMILES string of the molecule is [2H]C1N([2H])C(C)=C(C)N1c1ccccc1C. The van der Waals surface area contributed by atoms with Crippen LogP contribution < -0.4 is 10.2 Å². The van der Waals surface area contributed by atoms with Crippen molar-refractivity contribution in [2.75, 3.05) is 11.5 Å². The standard InChI is InChI=1S/C12H16N2/c1-9-6-4-5-7-12(9)14-8-13-10(2)11(14)3/h4-7,13H,8H2,1-3H3/i8D/hD. The van der Waals surface area contributed by atoms with Gasteiger partial charge in [0, 0.05) is 17.1 Å². The lowest BCUT2D eigenvalue weighted by molar-refractivity contribution is 0.858. The number of rotatable bonds is 1. The molecule has 0 radical (unpaired) electrons. The zero-order chi connectivity index (χ0) is 11.9. The molecule has 74 valence electrons. The van der Waals surface area contributed by atoms with Crippen LogP contribution in [0, 0.1) is 6.92 Å². The highest BCUT2D eigenvalue weighted by Gasteiger charge is 2.17. The number of anilines is 1. The minimum absolute atomic E-state index is 0.680. The van der Waals surface area contributed by atoms with Gasteiger partial charge >= 0.3 is 0 Å². The largest absolute Gasteiger partial charge is 0.370 e. The molecule has 14 heavy (non-hydrogen) atoms. The van der Waals surface area contributed by atoms with Gasteiger partial charge in [-0.05, 0) is 32.4 Å². The molecule has 1 aliphatic rings. The van der Waals surface area contributed by atoms with Crippen LogP contribution in [-0.4, -0.2) is 6.64 Å². The molecule has 2 nitrogen and oxygen atoms in total. The topological polar surface area (TPSA) is 15.3 Å². The average Bonchev–Trinajstić information content (AvgIpc) is 2.45. The van der Waals surface area contributed by atoms with Gasteiger partial charge in [0.15, 0.2) is 1.41 Å². The Balaban J connectivity index is 2.47. The van der Waals surface area contributed by atoms with Crippen LogP contribution in [0.1, 0.15) is 20.8 Å². The molecule has 0 fully saturated rings. The summed E-state index contributed by atoms with van der Waals surface area (Å²) in [5.74, 6) is 0. The molecule has 1 heterocycles. The van der Waals surface area contributed by atoms with Crippen molar-refractivity contribution in [2.45, 2.75) is 20.8 Å². The van der Waals surface area contributed by atoms with E-state index in [-0.39, 0.29) is 0 Å². The molecule has 0 spiro atoms. The molecular formula is C12H16N2. The summed E-state index contributed by atoms with van der Waals surface area (Å²) in [6.07, 6.45) is 0. The molecule has 0 saturated carbocycles. The molecule has 1 aromatic carbocycles. The van der Waals surface area contributed by atoms with Crippen LogP contribution in [-0.2, 0) is 0 Å². The van der Waals surface area contributed by atoms with Crippen molar-refractivity contribution < 1.29 is 2.78 Å². The van der Waals surface area contributed by atoms with Gasteiger partial charge in [0.2, 0.25) is 0 Å². The molecule has 0 bridgehead atoms. The first-order chi connectivity index (χ1) is 7.54. The number of hydrogen-bond donors (Lipinski definition) is 1. The first kappa shape index (κ1) is 6.93. The van der Waals surface area contributed by atoms with Gasteiger partial charge in [0.1, 0.15) is 0 Å². The lowest BCUT2D eigenvalue weighted by Gasteiger charge is -2.21. The number of benzene rings is 1. The van der Waals surface area contributed by atoms with Crippen molar-refractivity contribution in [1.29, 1.82) is 0 Å². The predicted molar refractivity (Wildman–Crippen MR) is 60.0 cm³/mol. The van der Waals surface area contributed by atoms with Crippen LogP contribution in [0.5, 0.6) is 0 Å². The van der Waals surface area contributed by atoms with Gasteiger partial charge in [-0.15, -0.1) is 0 Å². The predicted octanol–water partition coefficient (Wildman–Crippen LogP) is 2.61. The van der Waals surface area contributed by atoms with Crippen LogP contribution in [0.2, 0.25) is 1.41 Å². The molecule has 1 aromatic rings. The van der Waals surface area contributed by atoms with Gasteiger partial charge in [-0.25, -0.2) is 0 Å². The number of hydrogen-bond acceptors (Lipinski definition) is 2. The molecule has 0 amide bonds. The van der Waals surface area contributed by atoms with Crippen molar-refractivity contribution in [2.24, 2.45) is 0 Å². The van der Waals surface area contributed by atoms with Gasteiger partial charge in [0.25, 0.3) is 0 Å². The monoisotopic (exact) mass is 190 g/mol. The summed E-state index contributed by atoms with van der Waals surface area (Å²) >= 11 is 0. The third-order valence-corrected chi connectivity index (χ3v) is 2.63. The number of para-hydroxylation sites is 1. The summed E-state index contributed by atoms with van der Waals surface area (Å²) in [6, 6.07) is 7.96. The van der Waals surface area contributed by atoms with E-state index in [9.17, 15) is 0 Å². The first-order valence-corrected chi connectivity index (χ1v) is 4.76. The fourth-order valence-corrected chi connectivity index (χ4v) is 1.58. The maximum absolute atomic E-state index is 8.01. The Labute approximate surface area is 88.1 Å². The van der Waals surface area contributed by atoms with E-state index >= 15 is 0 Å². The quantitative estimate of drug-likeness (QED) is 0.732.